The molecule has 0 radical (unpaired) electrons. The average Bonchev–Trinajstić information content (AvgIpc) is 2.67. The topological polar surface area (TPSA) is 42.0 Å². The number of aryl methyl sites for hydroxylation is 2. The number of carbonyl (C=O) groups excluding carboxylic acids is 1. The van der Waals surface area contributed by atoms with Crippen LogP contribution in [0.4, 0.5) is 0 Å². The molecule has 0 aromatic carbocycles. The Hall–Kier alpha value is -0.900. The molecule has 0 aliphatic heterocycles. The summed E-state index contributed by atoms with van der Waals surface area (Å²) in [6.07, 6.45) is 5.32. The van der Waals surface area contributed by atoms with E-state index in [0.717, 1.165) is 47.7 Å². The van der Waals surface area contributed by atoms with Crippen LogP contribution in [0, 0.1) is 6.92 Å². The molecule has 0 spiro atoms. The Balaban J connectivity index is 2.74. The third-order valence-corrected chi connectivity index (χ3v) is 4.33. The summed E-state index contributed by atoms with van der Waals surface area (Å²) in [4.78, 5) is 17.6. The molecule has 0 fully saturated rings. The lowest BCUT2D eigenvalue weighted by Gasteiger charge is -2.25. The fourth-order valence-corrected chi connectivity index (χ4v) is 3.15. The number of rotatable bonds is 7. The third-order valence-electron chi connectivity index (χ3n) is 3.12. The molecule has 1 N–H and O–H groups in total. The van der Waals surface area contributed by atoms with Gasteiger partial charge in [-0.3, -0.25) is 4.79 Å². The van der Waals surface area contributed by atoms with Gasteiger partial charge in [0, 0.05) is 5.54 Å². The van der Waals surface area contributed by atoms with Gasteiger partial charge in [-0.05, 0) is 40.0 Å². The number of unbranched alkanes of at least 4 members (excludes halogenated alkanes) is 1. The van der Waals surface area contributed by atoms with Crippen LogP contribution >= 0.6 is 11.3 Å². The number of nitrogens with zero attached hydrogens (tertiary/aromatic N) is 1. The van der Waals surface area contributed by atoms with Crippen molar-refractivity contribution in [3.05, 3.63) is 15.6 Å². The number of hydrogen-bond donors (Lipinski definition) is 1. The van der Waals surface area contributed by atoms with Crippen molar-refractivity contribution in [3.63, 3.8) is 0 Å². The van der Waals surface area contributed by atoms with E-state index in [4.69, 9.17) is 0 Å². The van der Waals surface area contributed by atoms with E-state index in [9.17, 15) is 4.79 Å². The second-order valence-electron chi connectivity index (χ2n) is 5.71. The summed E-state index contributed by atoms with van der Waals surface area (Å²) in [6, 6.07) is 0. The molecule has 0 atom stereocenters. The van der Waals surface area contributed by atoms with Crippen LogP contribution < -0.4 is 5.32 Å². The summed E-state index contributed by atoms with van der Waals surface area (Å²) >= 11 is 1.54. The van der Waals surface area contributed by atoms with E-state index in [1.807, 2.05) is 6.92 Å². The lowest BCUT2D eigenvalue weighted by Crippen LogP contribution is -2.43. The molecule has 0 saturated heterocycles. The van der Waals surface area contributed by atoms with E-state index in [0.29, 0.717) is 0 Å². The molecule has 0 bridgehead atoms. The lowest BCUT2D eigenvalue weighted by atomic mass is 9.99. The quantitative estimate of drug-likeness (QED) is 0.818. The monoisotopic (exact) mass is 282 g/mol. The molecule has 0 aliphatic rings. The summed E-state index contributed by atoms with van der Waals surface area (Å²) < 4.78 is 0. The molecule has 3 nitrogen and oxygen atoms in total. The van der Waals surface area contributed by atoms with E-state index < -0.39 is 0 Å². The van der Waals surface area contributed by atoms with Gasteiger partial charge >= 0.3 is 0 Å². The zero-order valence-corrected chi connectivity index (χ0v) is 13.6. The first kappa shape index (κ1) is 16.2. The first-order valence-electron chi connectivity index (χ1n) is 7.18. The highest BCUT2D eigenvalue weighted by molar-refractivity contribution is 7.13. The van der Waals surface area contributed by atoms with E-state index in [1.165, 1.54) is 0 Å². The standard InChI is InChI=1S/C15H26N2OS/c1-6-8-9-12-16-11(3)13(19-12)14(18)17-15(4,5)10-7-2/h6-10H2,1-5H3,(H,17,18). The molecule has 1 amide bonds. The highest BCUT2D eigenvalue weighted by atomic mass is 32.1. The zero-order chi connectivity index (χ0) is 14.5. The van der Waals surface area contributed by atoms with Gasteiger partial charge in [0.15, 0.2) is 0 Å². The maximum atomic E-state index is 12.3. The summed E-state index contributed by atoms with van der Waals surface area (Å²) in [7, 11) is 0. The fourth-order valence-electron chi connectivity index (χ4n) is 2.15. The Morgan fingerprint density at radius 3 is 2.58 bits per heavy atom. The van der Waals surface area contributed by atoms with E-state index >= 15 is 0 Å². The second kappa shape index (κ2) is 7.04. The molecule has 4 heteroatoms. The van der Waals surface area contributed by atoms with Crippen LogP contribution in [0.25, 0.3) is 0 Å². The van der Waals surface area contributed by atoms with Crippen LogP contribution in [0.1, 0.15) is 73.8 Å². The lowest BCUT2D eigenvalue weighted by molar-refractivity contribution is 0.0912. The van der Waals surface area contributed by atoms with E-state index in [1.54, 1.807) is 11.3 Å². The number of aromatic nitrogens is 1. The molecule has 0 aliphatic carbocycles. The Labute approximate surface area is 120 Å². The minimum absolute atomic E-state index is 0.0243. The molecule has 1 aromatic rings. The predicted molar refractivity (Wildman–Crippen MR) is 81.9 cm³/mol. The van der Waals surface area contributed by atoms with Gasteiger partial charge in [0.2, 0.25) is 0 Å². The summed E-state index contributed by atoms with van der Waals surface area (Å²) in [5.41, 5.74) is 0.715. The smallest absolute Gasteiger partial charge is 0.263 e. The van der Waals surface area contributed by atoms with Crippen molar-refractivity contribution in [1.29, 1.82) is 0 Å². The zero-order valence-electron chi connectivity index (χ0n) is 12.8. The van der Waals surface area contributed by atoms with Crippen LogP contribution in [0.5, 0.6) is 0 Å². The summed E-state index contributed by atoms with van der Waals surface area (Å²) in [5, 5.41) is 4.20. The van der Waals surface area contributed by atoms with Gasteiger partial charge in [-0.15, -0.1) is 11.3 Å². The molecule has 1 rings (SSSR count). The minimum atomic E-state index is -0.147. The molecule has 1 aromatic heterocycles. The van der Waals surface area contributed by atoms with Gasteiger partial charge < -0.3 is 5.32 Å². The molecular formula is C15H26N2OS. The molecule has 108 valence electrons. The van der Waals surface area contributed by atoms with Gasteiger partial charge in [-0.25, -0.2) is 4.98 Å². The van der Waals surface area contributed by atoms with Crippen LogP contribution in [-0.4, -0.2) is 16.4 Å². The van der Waals surface area contributed by atoms with Crippen molar-refractivity contribution in [3.8, 4) is 0 Å². The average molecular weight is 282 g/mol. The van der Waals surface area contributed by atoms with Crippen molar-refractivity contribution in [2.75, 3.05) is 0 Å². The molecule has 0 unspecified atom stereocenters. The van der Waals surface area contributed by atoms with Crippen LogP contribution in [-0.2, 0) is 6.42 Å². The molecule has 19 heavy (non-hydrogen) atoms. The normalized spacial score (nSPS) is 11.6. The second-order valence-corrected chi connectivity index (χ2v) is 6.80. The highest BCUT2D eigenvalue weighted by Gasteiger charge is 2.23. The maximum absolute atomic E-state index is 12.3. The predicted octanol–water partition coefficient (Wildman–Crippen LogP) is 4.10. The van der Waals surface area contributed by atoms with E-state index in [2.05, 4.69) is 38.0 Å². The van der Waals surface area contributed by atoms with Crippen LogP contribution in [0.15, 0.2) is 0 Å². The SMILES string of the molecule is CCCCc1nc(C)c(C(=O)NC(C)(C)CCC)s1. The van der Waals surface area contributed by atoms with Gasteiger partial charge in [0.25, 0.3) is 5.91 Å². The van der Waals surface area contributed by atoms with Gasteiger partial charge in [0.05, 0.1) is 10.7 Å². The Bertz CT molecular complexity index is 424. The first-order chi connectivity index (χ1) is 8.89. The van der Waals surface area contributed by atoms with Crippen molar-refractivity contribution in [1.82, 2.24) is 10.3 Å². The maximum Gasteiger partial charge on any atom is 0.263 e. The largest absolute Gasteiger partial charge is 0.346 e. The molecular weight excluding hydrogens is 256 g/mol. The van der Waals surface area contributed by atoms with Crippen molar-refractivity contribution in [2.45, 2.75) is 72.3 Å². The number of carbonyl (C=O) groups is 1. The molecule has 1 heterocycles. The first-order valence-corrected chi connectivity index (χ1v) is 8.00. The van der Waals surface area contributed by atoms with Gasteiger partial charge in [0.1, 0.15) is 4.88 Å². The van der Waals surface area contributed by atoms with Gasteiger partial charge in [-0.1, -0.05) is 26.7 Å². The van der Waals surface area contributed by atoms with Crippen molar-refractivity contribution in [2.24, 2.45) is 0 Å². The summed E-state index contributed by atoms with van der Waals surface area (Å²) in [5.74, 6) is 0.0243. The summed E-state index contributed by atoms with van der Waals surface area (Å²) in [6.45, 7) is 10.4. The minimum Gasteiger partial charge on any atom is -0.346 e. The Kier molecular flexibility index (Phi) is 5.98. The third kappa shape index (κ3) is 4.94. The highest BCUT2D eigenvalue weighted by Crippen LogP contribution is 2.21. The number of hydrogen-bond acceptors (Lipinski definition) is 3. The molecule has 0 saturated carbocycles. The number of nitrogens with one attached hydrogen (secondary N) is 1. The Morgan fingerprint density at radius 1 is 1.32 bits per heavy atom. The number of amides is 1. The van der Waals surface area contributed by atoms with Crippen molar-refractivity contribution < 1.29 is 4.79 Å². The van der Waals surface area contributed by atoms with Crippen LogP contribution in [0.2, 0.25) is 0 Å². The van der Waals surface area contributed by atoms with E-state index in [-0.39, 0.29) is 11.4 Å². The van der Waals surface area contributed by atoms with Crippen LogP contribution in [0.3, 0.4) is 0 Å². The van der Waals surface area contributed by atoms with Crippen molar-refractivity contribution >= 4 is 17.2 Å². The Morgan fingerprint density at radius 2 is 2.00 bits per heavy atom. The number of thiazole rings is 1. The fraction of sp³-hybridized carbons (Fsp3) is 0.733. The van der Waals surface area contributed by atoms with Gasteiger partial charge in [-0.2, -0.15) is 0 Å².